The monoisotopic (exact) mass is 738 g/mol. The summed E-state index contributed by atoms with van der Waals surface area (Å²) in [5, 5.41) is 20.5. The van der Waals surface area contributed by atoms with Crippen LogP contribution in [-0.2, 0) is 11.9 Å². The fourth-order valence-electron chi connectivity index (χ4n) is 4.07. The molecule has 41 heavy (non-hydrogen) atoms. The molecular formula is C32H25Br3N2O4. The van der Waals surface area contributed by atoms with Crippen LogP contribution in [0.3, 0.4) is 0 Å². The molecule has 9 heteroatoms. The first-order valence-corrected chi connectivity index (χ1v) is 15.1. The second kappa shape index (κ2) is 14.3. The van der Waals surface area contributed by atoms with Crippen molar-refractivity contribution in [3.63, 3.8) is 0 Å². The second-order valence-electron chi connectivity index (χ2n) is 8.92. The number of carboxylic acid groups (broad SMARTS) is 2. The van der Waals surface area contributed by atoms with E-state index in [1.54, 1.807) is 36.5 Å². The van der Waals surface area contributed by atoms with Gasteiger partial charge in [0.05, 0.1) is 11.1 Å². The van der Waals surface area contributed by atoms with E-state index in [-0.39, 0.29) is 0 Å². The number of aromatic nitrogens is 2. The number of carboxylic acids is 2. The van der Waals surface area contributed by atoms with Gasteiger partial charge in [-0.25, -0.2) is 9.59 Å². The Hall–Kier alpha value is -3.66. The molecule has 0 bridgehead atoms. The van der Waals surface area contributed by atoms with Crippen LogP contribution < -0.4 is 0 Å². The number of nitrogens with one attached hydrogen (secondary N) is 1. The van der Waals surface area contributed by atoms with Gasteiger partial charge in [-0.05, 0) is 71.8 Å². The summed E-state index contributed by atoms with van der Waals surface area (Å²) >= 11 is 10.4. The van der Waals surface area contributed by atoms with Gasteiger partial charge in [-0.15, -0.1) is 0 Å². The number of hydrogen-bond acceptors (Lipinski definition) is 2. The molecule has 0 fully saturated rings. The number of aromatic carboxylic acids is 2. The number of nitrogens with zero attached hydrogens (tertiary/aromatic N) is 1. The fourth-order valence-corrected chi connectivity index (χ4v) is 5.77. The molecule has 0 amide bonds. The summed E-state index contributed by atoms with van der Waals surface area (Å²) in [7, 11) is 0. The summed E-state index contributed by atoms with van der Waals surface area (Å²) in [6.45, 7) is 0.747. The van der Waals surface area contributed by atoms with Gasteiger partial charge >= 0.3 is 11.9 Å². The molecule has 0 aliphatic carbocycles. The maximum absolute atomic E-state index is 11.0. The lowest BCUT2D eigenvalue weighted by atomic mass is 10.1. The van der Waals surface area contributed by atoms with Crippen molar-refractivity contribution < 1.29 is 19.8 Å². The Morgan fingerprint density at radius 3 is 1.88 bits per heavy atom. The molecule has 0 atom stereocenters. The Morgan fingerprint density at radius 2 is 1.29 bits per heavy atom. The lowest BCUT2D eigenvalue weighted by molar-refractivity contribution is 0.0686. The van der Waals surface area contributed by atoms with E-state index in [1.807, 2.05) is 60.8 Å². The van der Waals surface area contributed by atoms with Crippen LogP contribution in [0.25, 0.3) is 21.8 Å². The highest BCUT2D eigenvalue weighted by Crippen LogP contribution is 2.22. The van der Waals surface area contributed by atoms with E-state index < -0.39 is 11.9 Å². The molecule has 0 unspecified atom stereocenters. The molecule has 0 aliphatic rings. The molecule has 6 nitrogen and oxygen atoms in total. The van der Waals surface area contributed by atoms with Crippen molar-refractivity contribution in [1.82, 2.24) is 9.55 Å². The Kier molecular flexibility index (Phi) is 10.6. The molecule has 2 heterocycles. The first kappa shape index (κ1) is 30.3. The van der Waals surface area contributed by atoms with Gasteiger partial charge < -0.3 is 19.8 Å². The van der Waals surface area contributed by atoms with Gasteiger partial charge in [-0.3, -0.25) is 0 Å². The average Bonchev–Trinajstić information content (AvgIpc) is 3.61. The molecule has 0 saturated carbocycles. The van der Waals surface area contributed by atoms with Gasteiger partial charge in [0.15, 0.2) is 0 Å². The second-order valence-corrected chi connectivity index (χ2v) is 11.2. The zero-order chi connectivity index (χ0) is 29.4. The highest BCUT2D eigenvalue weighted by atomic mass is 79.9. The number of halogens is 3. The van der Waals surface area contributed by atoms with E-state index in [1.165, 1.54) is 15.6 Å². The molecular weight excluding hydrogens is 716 g/mol. The quantitative estimate of drug-likeness (QED) is 0.154. The minimum absolute atomic E-state index is 0.316. The standard InChI is InChI=1S/C16H12BrNO2.C9H7NO2.C7H6Br2/c17-14-4-2-1-3-13(14)10-18-8-7-11-9-12(16(19)20)5-6-15(11)18;11-9(12)7-1-2-8-6(5-7)3-4-10-8;8-5-6-3-1-2-4-7(6)9/h1-9H,10H2,(H,19,20);1-5,10H,(H,11,12);1-4H,5H2. The number of benzene rings is 4. The first-order chi connectivity index (χ1) is 19.8. The molecule has 2 aromatic heterocycles. The SMILES string of the molecule is BrCc1ccccc1Br.O=C(O)c1ccc2[nH]ccc2c1.O=C(O)c1ccc2c(ccn2Cc2ccccc2Br)c1. The molecule has 0 aliphatic heterocycles. The van der Waals surface area contributed by atoms with Crippen LogP contribution in [0, 0.1) is 0 Å². The van der Waals surface area contributed by atoms with Crippen LogP contribution in [-0.4, -0.2) is 31.7 Å². The van der Waals surface area contributed by atoms with Crippen molar-refractivity contribution in [2.45, 2.75) is 11.9 Å². The van der Waals surface area contributed by atoms with Crippen molar-refractivity contribution in [3.8, 4) is 0 Å². The van der Waals surface area contributed by atoms with Gasteiger partial charge in [-0.1, -0.05) is 84.2 Å². The highest BCUT2D eigenvalue weighted by Gasteiger charge is 2.08. The average molecular weight is 741 g/mol. The zero-order valence-corrected chi connectivity index (χ0v) is 26.4. The number of carbonyl (C=O) groups is 2. The maximum Gasteiger partial charge on any atom is 0.335 e. The Labute approximate surface area is 262 Å². The van der Waals surface area contributed by atoms with E-state index in [0.717, 1.165) is 38.2 Å². The normalized spacial score (nSPS) is 10.4. The lowest BCUT2D eigenvalue weighted by Gasteiger charge is -2.08. The third-order valence-electron chi connectivity index (χ3n) is 6.22. The predicted molar refractivity (Wildman–Crippen MR) is 174 cm³/mol. The van der Waals surface area contributed by atoms with E-state index in [9.17, 15) is 9.59 Å². The summed E-state index contributed by atoms with van der Waals surface area (Å²) in [5.41, 5.74) is 5.11. The molecule has 4 aromatic carbocycles. The number of hydrogen-bond donors (Lipinski definition) is 3. The van der Waals surface area contributed by atoms with Gasteiger partial charge in [-0.2, -0.15) is 0 Å². The molecule has 208 valence electrons. The molecule has 6 aromatic rings. The maximum atomic E-state index is 11.0. The fraction of sp³-hybridized carbons (Fsp3) is 0.0625. The molecule has 0 radical (unpaired) electrons. The van der Waals surface area contributed by atoms with Crippen molar-refractivity contribution in [2.24, 2.45) is 0 Å². The lowest BCUT2D eigenvalue weighted by Crippen LogP contribution is -1.99. The van der Waals surface area contributed by atoms with E-state index in [4.69, 9.17) is 10.2 Å². The van der Waals surface area contributed by atoms with Crippen molar-refractivity contribution in [1.29, 1.82) is 0 Å². The molecule has 6 rings (SSSR count). The van der Waals surface area contributed by atoms with Crippen LogP contribution in [0.1, 0.15) is 31.8 Å². The largest absolute Gasteiger partial charge is 0.478 e. The zero-order valence-electron chi connectivity index (χ0n) is 21.6. The van der Waals surface area contributed by atoms with E-state index >= 15 is 0 Å². The van der Waals surface area contributed by atoms with E-state index in [0.29, 0.717) is 11.1 Å². The van der Waals surface area contributed by atoms with Crippen molar-refractivity contribution in [2.75, 3.05) is 0 Å². The van der Waals surface area contributed by atoms with Crippen LogP contribution in [0.5, 0.6) is 0 Å². The summed E-state index contributed by atoms with van der Waals surface area (Å²) in [5.74, 6) is -1.79. The minimum Gasteiger partial charge on any atom is -0.478 e. The molecule has 3 N–H and O–H groups in total. The van der Waals surface area contributed by atoms with E-state index in [2.05, 4.69) is 69.5 Å². The number of rotatable bonds is 5. The topological polar surface area (TPSA) is 95.3 Å². The summed E-state index contributed by atoms with van der Waals surface area (Å²) in [4.78, 5) is 24.5. The summed E-state index contributed by atoms with van der Waals surface area (Å²) in [6.07, 6.45) is 3.77. The summed E-state index contributed by atoms with van der Waals surface area (Å²) in [6, 6.07) is 30.2. The smallest absolute Gasteiger partial charge is 0.335 e. The minimum atomic E-state index is -0.898. The van der Waals surface area contributed by atoms with Gasteiger partial charge in [0.1, 0.15) is 0 Å². The van der Waals surface area contributed by atoms with Crippen molar-refractivity contribution >= 4 is 81.5 Å². The Bertz CT molecular complexity index is 1810. The van der Waals surface area contributed by atoms with Gasteiger partial charge in [0, 0.05) is 55.0 Å². The van der Waals surface area contributed by atoms with Crippen LogP contribution >= 0.6 is 47.8 Å². The molecule has 0 saturated heterocycles. The van der Waals surface area contributed by atoms with Crippen molar-refractivity contribution in [3.05, 3.63) is 141 Å². The van der Waals surface area contributed by atoms with Crippen LogP contribution in [0.15, 0.2) is 118 Å². The number of alkyl halides is 1. The number of fused-ring (bicyclic) bond motifs is 2. The molecule has 0 spiro atoms. The van der Waals surface area contributed by atoms with Gasteiger partial charge in [0.2, 0.25) is 0 Å². The summed E-state index contributed by atoms with van der Waals surface area (Å²) < 4.78 is 4.35. The van der Waals surface area contributed by atoms with Crippen LogP contribution in [0.2, 0.25) is 0 Å². The Morgan fingerprint density at radius 1 is 0.707 bits per heavy atom. The number of aromatic amines is 1. The Balaban J connectivity index is 0.000000156. The predicted octanol–water partition coefficient (Wildman–Crippen LogP) is 9.36. The third kappa shape index (κ3) is 7.97. The number of H-pyrrole nitrogens is 1. The first-order valence-electron chi connectivity index (χ1n) is 12.4. The van der Waals surface area contributed by atoms with Gasteiger partial charge in [0.25, 0.3) is 0 Å². The third-order valence-corrected chi connectivity index (χ3v) is 8.37. The highest BCUT2D eigenvalue weighted by molar-refractivity contribution is 9.11. The van der Waals surface area contributed by atoms with Crippen LogP contribution in [0.4, 0.5) is 0 Å².